The summed E-state index contributed by atoms with van der Waals surface area (Å²) < 4.78 is 0. The lowest BCUT2D eigenvalue weighted by Gasteiger charge is -2.19. The van der Waals surface area contributed by atoms with Gasteiger partial charge in [-0.15, -0.1) is 0 Å². The van der Waals surface area contributed by atoms with E-state index in [-0.39, 0.29) is 11.7 Å². The van der Waals surface area contributed by atoms with Crippen LogP contribution in [0.4, 0.5) is 5.13 Å². The number of rotatable bonds is 8. The number of carbonyl (C=O) groups is 2. The Hall–Kier alpha value is -2.01. The minimum atomic E-state index is 0.000361. The third-order valence-corrected chi connectivity index (χ3v) is 5.64. The summed E-state index contributed by atoms with van der Waals surface area (Å²) in [7, 11) is 0. The summed E-state index contributed by atoms with van der Waals surface area (Å²) in [6.45, 7) is 10.4. The van der Waals surface area contributed by atoms with Gasteiger partial charge in [-0.05, 0) is 36.8 Å². The summed E-state index contributed by atoms with van der Waals surface area (Å²) in [4.78, 5) is 31.3. The fourth-order valence-electron chi connectivity index (χ4n) is 2.83. The van der Waals surface area contributed by atoms with Gasteiger partial charge in [-0.2, -0.15) is 0 Å². The Bertz CT molecular complexity index is 763. The van der Waals surface area contributed by atoms with E-state index in [0.29, 0.717) is 41.0 Å². The maximum atomic E-state index is 12.8. The van der Waals surface area contributed by atoms with Crippen LogP contribution in [0.25, 0.3) is 0 Å². The van der Waals surface area contributed by atoms with Crippen molar-refractivity contribution in [2.45, 2.75) is 59.8 Å². The number of hydrogen-bond donors (Lipinski definition) is 0. The molecule has 0 aliphatic rings. The van der Waals surface area contributed by atoms with Crippen molar-refractivity contribution < 1.29 is 9.59 Å². The number of ketones is 1. The summed E-state index contributed by atoms with van der Waals surface area (Å²) in [5.74, 6) is 0.568. The standard InChI is InChI=1S/C21H28N2O2S/c1-6-13-23(21-22-15(4)20(26-21)16(5)24)19(25)12-9-17-7-10-18(11-8-17)14(2)3/h7-8,10-11,14H,6,9,12-13H2,1-5H3. The molecule has 0 bridgehead atoms. The van der Waals surface area contributed by atoms with Crippen molar-refractivity contribution in [3.63, 3.8) is 0 Å². The minimum absolute atomic E-state index is 0.000361. The predicted octanol–water partition coefficient (Wildman–Crippen LogP) is 5.15. The Kier molecular flexibility index (Phi) is 7.09. The van der Waals surface area contributed by atoms with E-state index in [4.69, 9.17) is 0 Å². The highest BCUT2D eigenvalue weighted by molar-refractivity contribution is 7.17. The predicted molar refractivity (Wildman–Crippen MR) is 108 cm³/mol. The fraction of sp³-hybridized carbons (Fsp3) is 0.476. The van der Waals surface area contributed by atoms with Crippen molar-refractivity contribution in [2.75, 3.05) is 11.4 Å². The molecule has 1 aromatic carbocycles. The molecule has 4 nitrogen and oxygen atoms in total. The molecule has 0 atom stereocenters. The zero-order chi connectivity index (χ0) is 19.3. The topological polar surface area (TPSA) is 50.3 Å². The van der Waals surface area contributed by atoms with Crippen LogP contribution in [-0.4, -0.2) is 23.2 Å². The molecule has 5 heteroatoms. The zero-order valence-corrected chi connectivity index (χ0v) is 17.2. The number of anilines is 1. The van der Waals surface area contributed by atoms with Crippen molar-refractivity contribution in [1.29, 1.82) is 0 Å². The van der Waals surface area contributed by atoms with Gasteiger partial charge in [-0.25, -0.2) is 4.98 Å². The number of carbonyl (C=O) groups excluding carboxylic acids is 2. The SMILES string of the molecule is CCCN(C(=O)CCc1ccc(C(C)C)cc1)c1nc(C)c(C(C)=O)s1. The number of amides is 1. The Morgan fingerprint density at radius 2 is 1.85 bits per heavy atom. The van der Waals surface area contributed by atoms with Crippen LogP contribution in [0.2, 0.25) is 0 Å². The van der Waals surface area contributed by atoms with Gasteiger partial charge < -0.3 is 0 Å². The van der Waals surface area contributed by atoms with Gasteiger partial charge in [-0.1, -0.05) is 56.4 Å². The number of benzene rings is 1. The summed E-state index contributed by atoms with van der Waals surface area (Å²) in [6, 6.07) is 8.48. The third-order valence-electron chi connectivity index (χ3n) is 4.36. The van der Waals surface area contributed by atoms with Gasteiger partial charge in [0.25, 0.3) is 0 Å². The van der Waals surface area contributed by atoms with E-state index in [2.05, 4.69) is 43.1 Å². The van der Waals surface area contributed by atoms with Gasteiger partial charge in [0, 0.05) is 19.9 Å². The second kappa shape index (κ2) is 9.08. The van der Waals surface area contributed by atoms with Gasteiger partial charge in [0.1, 0.15) is 0 Å². The van der Waals surface area contributed by atoms with Crippen LogP contribution in [0.5, 0.6) is 0 Å². The first-order valence-electron chi connectivity index (χ1n) is 9.21. The number of aryl methyl sites for hydroxylation is 2. The third kappa shape index (κ3) is 5.01. The molecule has 0 spiro atoms. The molecule has 0 N–H and O–H groups in total. The van der Waals surface area contributed by atoms with Gasteiger partial charge in [0.05, 0.1) is 10.6 Å². The minimum Gasteiger partial charge on any atom is -0.294 e. The van der Waals surface area contributed by atoms with E-state index in [1.54, 1.807) is 4.90 Å². The number of nitrogens with zero attached hydrogens (tertiary/aromatic N) is 2. The van der Waals surface area contributed by atoms with Crippen molar-refractivity contribution in [3.8, 4) is 0 Å². The van der Waals surface area contributed by atoms with Crippen LogP contribution < -0.4 is 4.90 Å². The van der Waals surface area contributed by atoms with Gasteiger partial charge in [-0.3, -0.25) is 14.5 Å². The largest absolute Gasteiger partial charge is 0.294 e. The van der Waals surface area contributed by atoms with E-state index in [1.807, 2.05) is 13.8 Å². The number of hydrogen-bond acceptors (Lipinski definition) is 4. The molecule has 0 aliphatic heterocycles. The van der Waals surface area contributed by atoms with Gasteiger partial charge >= 0.3 is 0 Å². The first-order valence-corrected chi connectivity index (χ1v) is 10.0. The van der Waals surface area contributed by atoms with Gasteiger partial charge in [0.15, 0.2) is 10.9 Å². The average Bonchev–Trinajstić information content (AvgIpc) is 2.99. The zero-order valence-electron chi connectivity index (χ0n) is 16.3. The van der Waals surface area contributed by atoms with Crippen LogP contribution in [-0.2, 0) is 11.2 Å². The Balaban J connectivity index is 2.08. The molecule has 1 heterocycles. The fourth-order valence-corrected chi connectivity index (χ4v) is 3.84. The molecule has 0 saturated carbocycles. The van der Waals surface area contributed by atoms with E-state index in [1.165, 1.54) is 29.4 Å². The van der Waals surface area contributed by atoms with Crippen molar-refractivity contribution in [1.82, 2.24) is 4.98 Å². The van der Waals surface area contributed by atoms with Gasteiger partial charge in [0.2, 0.25) is 5.91 Å². The first kappa shape index (κ1) is 20.3. The van der Waals surface area contributed by atoms with E-state index in [0.717, 1.165) is 6.42 Å². The summed E-state index contributed by atoms with van der Waals surface area (Å²) in [6.07, 6.45) is 2.00. The van der Waals surface area contributed by atoms with Crippen LogP contribution in [0, 0.1) is 6.92 Å². The van der Waals surface area contributed by atoms with Crippen LogP contribution >= 0.6 is 11.3 Å². The lowest BCUT2D eigenvalue weighted by Crippen LogP contribution is -2.31. The number of aromatic nitrogens is 1. The quantitative estimate of drug-likeness (QED) is 0.602. The number of thiazole rings is 1. The molecule has 26 heavy (non-hydrogen) atoms. The van der Waals surface area contributed by atoms with E-state index < -0.39 is 0 Å². The normalized spacial score (nSPS) is 11.0. The number of Topliss-reactive ketones (excluding diaryl/α,β-unsaturated/α-hetero) is 1. The molecule has 0 unspecified atom stereocenters. The molecule has 0 fully saturated rings. The molecule has 2 rings (SSSR count). The van der Waals surface area contributed by atoms with E-state index >= 15 is 0 Å². The molecule has 0 radical (unpaired) electrons. The molecule has 1 amide bonds. The molecule has 1 aromatic heterocycles. The summed E-state index contributed by atoms with van der Waals surface area (Å²) in [5.41, 5.74) is 3.18. The Morgan fingerprint density at radius 3 is 2.35 bits per heavy atom. The first-order chi connectivity index (χ1) is 12.3. The van der Waals surface area contributed by atoms with Crippen LogP contribution in [0.3, 0.4) is 0 Å². The smallest absolute Gasteiger partial charge is 0.229 e. The molecule has 140 valence electrons. The Morgan fingerprint density at radius 1 is 1.19 bits per heavy atom. The maximum Gasteiger partial charge on any atom is 0.229 e. The van der Waals surface area contributed by atoms with Crippen molar-refractivity contribution >= 4 is 28.2 Å². The highest BCUT2D eigenvalue weighted by Gasteiger charge is 2.21. The maximum absolute atomic E-state index is 12.8. The molecule has 0 aliphatic carbocycles. The average molecular weight is 373 g/mol. The molecule has 2 aromatic rings. The molecular formula is C21H28N2O2S. The lowest BCUT2D eigenvalue weighted by atomic mass is 10.0. The summed E-state index contributed by atoms with van der Waals surface area (Å²) >= 11 is 1.32. The second-order valence-electron chi connectivity index (χ2n) is 6.91. The highest BCUT2D eigenvalue weighted by Crippen LogP contribution is 2.27. The summed E-state index contributed by atoms with van der Waals surface area (Å²) in [5, 5.41) is 0.634. The Labute approximate surface area is 160 Å². The highest BCUT2D eigenvalue weighted by atomic mass is 32.1. The van der Waals surface area contributed by atoms with Crippen molar-refractivity contribution in [2.24, 2.45) is 0 Å². The monoisotopic (exact) mass is 372 g/mol. The van der Waals surface area contributed by atoms with Crippen molar-refractivity contribution in [3.05, 3.63) is 46.0 Å². The molecular weight excluding hydrogens is 344 g/mol. The second-order valence-corrected chi connectivity index (χ2v) is 7.89. The molecule has 0 saturated heterocycles. The van der Waals surface area contributed by atoms with Crippen LogP contribution in [0.1, 0.15) is 72.9 Å². The van der Waals surface area contributed by atoms with Crippen LogP contribution in [0.15, 0.2) is 24.3 Å². The van der Waals surface area contributed by atoms with E-state index in [9.17, 15) is 9.59 Å². The lowest BCUT2D eigenvalue weighted by molar-refractivity contribution is -0.118.